The number of carbonyl (C=O) groups excluding carboxylic acids is 1. The molecule has 3 aromatic rings. The number of benzene rings is 2. The van der Waals surface area contributed by atoms with E-state index < -0.39 is 5.97 Å². The molecule has 0 saturated heterocycles. The number of ether oxygens (including phenoxy) is 1. The first-order chi connectivity index (χ1) is 16.9. The van der Waals surface area contributed by atoms with Gasteiger partial charge in [-0.25, -0.2) is 23.6 Å². The van der Waals surface area contributed by atoms with Gasteiger partial charge in [-0.2, -0.15) is 5.10 Å². The molecule has 180 valence electrons. The largest absolute Gasteiger partial charge is 0.462 e. The maximum Gasteiger partial charge on any atom is 0.350 e. The summed E-state index contributed by atoms with van der Waals surface area (Å²) in [7, 11) is 0. The number of carbonyl (C=O) groups is 1. The maximum absolute atomic E-state index is 13.7. The van der Waals surface area contributed by atoms with Gasteiger partial charge in [0.1, 0.15) is 16.5 Å². The normalized spacial score (nSPS) is 20.6. The van der Waals surface area contributed by atoms with Crippen molar-refractivity contribution in [3.63, 3.8) is 0 Å². The minimum absolute atomic E-state index is 0.0798. The first-order valence-corrected chi connectivity index (χ1v) is 12.5. The number of aryl methyl sites for hydroxylation is 1. The van der Waals surface area contributed by atoms with E-state index >= 15 is 0 Å². The van der Waals surface area contributed by atoms with Crippen molar-refractivity contribution in [2.24, 2.45) is 11.0 Å². The van der Waals surface area contributed by atoms with Crippen LogP contribution in [-0.4, -0.2) is 23.3 Å². The highest BCUT2D eigenvalue weighted by Gasteiger charge is 2.43. The summed E-state index contributed by atoms with van der Waals surface area (Å²) >= 11 is 1.26. The Balaban J connectivity index is 1.58. The van der Waals surface area contributed by atoms with E-state index in [1.54, 1.807) is 38.1 Å². The Morgan fingerprint density at radius 2 is 1.83 bits per heavy atom. The number of hydrogen-bond acceptors (Lipinski definition) is 6. The number of esters is 1. The maximum atomic E-state index is 13.7. The Morgan fingerprint density at radius 3 is 2.51 bits per heavy atom. The van der Waals surface area contributed by atoms with Gasteiger partial charge in [-0.3, -0.25) is 0 Å². The standard InChI is InChI=1S/C27H25F2N3O2S/c1-3-34-26(33)25-16(2)30-27(35-25)32-24(18-9-13-21(29)14-10-18)22-6-4-5-19(23(22)31-32)15-17-7-11-20(28)12-8-17/h7-15,22,24H,3-6H2,1-2H3/b19-15+. The molecule has 2 unspecified atom stereocenters. The third kappa shape index (κ3) is 4.62. The SMILES string of the molecule is CCOC(=O)c1sc(N2N=C3/C(=C/c4ccc(F)cc4)CCCC3C2c2ccc(F)cc2)nc1C. The lowest BCUT2D eigenvalue weighted by atomic mass is 9.77. The summed E-state index contributed by atoms with van der Waals surface area (Å²) < 4.78 is 32.3. The van der Waals surface area contributed by atoms with E-state index in [1.807, 2.05) is 5.01 Å². The van der Waals surface area contributed by atoms with Crippen LogP contribution in [0, 0.1) is 24.5 Å². The Morgan fingerprint density at radius 1 is 1.14 bits per heavy atom. The summed E-state index contributed by atoms with van der Waals surface area (Å²) in [5.41, 5.74) is 4.50. The van der Waals surface area contributed by atoms with Gasteiger partial charge in [-0.15, -0.1) is 0 Å². The van der Waals surface area contributed by atoms with Gasteiger partial charge in [0.2, 0.25) is 5.13 Å². The van der Waals surface area contributed by atoms with E-state index in [1.165, 1.54) is 35.6 Å². The molecule has 8 heteroatoms. The minimum atomic E-state index is -0.395. The van der Waals surface area contributed by atoms with Gasteiger partial charge in [0, 0.05) is 5.92 Å². The van der Waals surface area contributed by atoms with Crippen LogP contribution < -0.4 is 5.01 Å². The molecule has 2 aromatic carbocycles. The Kier molecular flexibility index (Phi) is 6.47. The Bertz CT molecular complexity index is 1300. The second kappa shape index (κ2) is 9.70. The monoisotopic (exact) mass is 493 g/mol. The third-order valence-electron chi connectivity index (χ3n) is 6.37. The fourth-order valence-corrected chi connectivity index (χ4v) is 5.73. The summed E-state index contributed by atoms with van der Waals surface area (Å²) in [6, 6.07) is 12.7. The number of rotatable bonds is 5. The number of hydrazone groups is 1. The highest BCUT2D eigenvalue weighted by Crippen LogP contribution is 2.47. The van der Waals surface area contributed by atoms with E-state index in [2.05, 4.69) is 11.1 Å². The molecule has 1 aliphatic heterocycles. The van der Waals surface area contributed by atoms with Crippen molar-refractivity contribution in [2.75, 3.05) is 11.6 Å². The lowest BCUT2D eigenvalue weighted by Crippen LogP contribution is -2.28. The van der Waals surface area contributed by atoms with Crippen LogP contribution in [-0.2, 0) is 4.74 Å². The molecule has 0 N–H and O–H groups in total. The zero-order chi connectivity index (χ0) is 24.5. The summed E-state index contributed by atoms with van der Waals surface area (Å²) in [6.07, 6.45) is 4.83. The third-order valence-corrected chi connectivity index (χ3v) is 7.49. The van der Waals surface area contributed by atoms with Crippen LogP contribution in [0.3, 0.4) is 0 Å². The second-order valence-corrected chi connectivity index (χ2v) is 9.66. The van der Waals surface area contributed by atoms with Crippen LogP contribution in [0.1, 0.15) is 58.7 Å². The summed E-state index contributed by atoms with van der Waals surface area (Å²) in [6.45, 7) is 3.84. The number of nitrogens with zero attached hydrogens (tertiary/aromatic N) is 3. The molecule has 2 atom stereocenters. The number of fused-ring (bicyclic) bond motifs is 1. The highest BCUT2D eigenvalue weighted by atomic mass is 32.1. The van der Waals surface area contributed by atoms with Crippen molar-refractivity contribution in [3.05, 3.63) is 87.4 Å². The summed E-state index contributed by atoms with van der Waals surface area (Å²) in [5, 5.41) is 7.50. The fourth-order valence-electron chi connectivity index (χ4n) is 4.78. The quantitative estimate of drug-likeness (QED) is 0.371. The smallest absolute Gasteiger partial charge is 0.350 e. The molecular weight excluding hydrogens is 468 g/mol. The highest BCUT2D eigenvalue weighted by molar-refractivity contribution is 7.17. The van der Waals surface area contributed by atoms with Gasteiger partial charge in [0.05, 0.1) is 24.1 Å². The first kappa shape index (κ1) is 23.4. The molecule has 1 saturated carbocycles. The van der Waals surface area contributed by atoms with Gasteiger partial charge in [0.15, 0.2) is 0 Å². The average molecular weight is 494 g/mol. The molecule has 5 nitrogen and oxygen atoms in total. The van der Waals surface area contributed by atoms with Crippen LogP contribution in [0.4, 0.5) is 13.9 Å². The number of halogens is 2. The Labute approximate surface area is 206 Å². The molecule has 0 spiro atoms. The lowest BCUT2D eigenvalue weighted by molar-refractivity contribution is 0.0531. The zero-order valence-electron chi connectivity index (χ0n) is 19.5. The van der Waals surface area contributed by atoms with Crippen LogP contribution >= 0.6 is 11.3 Å². The van der Waals surface area contributed by atoms with E-state index in [0.717, 1.165) is 41.7 Å². The molecule has 0 radical (unpaired) electrons. The molecule has 5 rings (SSSR count). The van der Waals surface area contributed by atoms with Crippen molar-refractivity contribution >= 4 is 34.2 Å². The summed E-state index contributed by atoms with van der Waals surface area (Å²) in [4.78, 5) is 17.6. The van der Waals surface area contributed by atoms with Crippen molar-refractivity contribution in [2.45, 2.75) is 39.2 Å². The van der Waals surface area contributed by atoms with E-state index in [9.17, 15) is 13.6 Å². The molecule has 0 amide bonds. The second-order valence-electron chi connectivity index (χ2n) is 8.68. The number of anilines is 1. The molecule has 35 heavy (non-hydrogen) atoms. The van der Waals surface area contributed by atoms with Crippen molar-refractivity contribution < 1.29 is 18.3 Å². The molecule has 0 bridgehead atoms. The van der Waals surface area contributed by atoms with Gasteiger partial charge in [-0.1, -0.05) is 35.6 Å². The predicted molar refractivity (Wildman–Crippen MR) is 134 cm³/mol. The average Bonchev–Trinajstić information content (AvgIpc) is 3.43. The topological polar surface area (TPSA) is 54.8 Å². The first-order valence-electron chi connectivity index (χ1n) is 11.7. The molecule has 2 heterocycles. The van der Waals surface area contributed by atoms with Gasteiger partial charge >= 0.3 is 5.97 Å². The fraction of sp³-hybridized carbons (Fsp3) is 0.296. The van der Waals surface area contributed by atoms with Crippen molar-refractivity contribution in [3.8, 4) is 0 Å². The van der Waals surface area contributed by atoms with Crippen LogP contribution in [0.15, 0.2) is 59.2 Å². The molecule has 1 aliphatic carbocycles. The van der Waals surface area contributed by atoms with Gasteiger partial charge in [0.25, 0.3) is 0 Å². The minimum Gasteiger partial charge on any atom is -0.462 e. The summed E-state index contributed by atoms with van der Waals surface area (Å²) in [5.74, 6) is -0.884. The zero-order valence-corrected chi connectivity index (χ0v) is 20.3. The van der Waals surface area contributed by atoms with Crippen LogP contribution in [0.25, 0.3) is 6.08 Å². The van der Waals surface area contributed by atoms with Crippen molar-refractivity contribution in [1.82, 2.24) is 4.98 Å². The van der Waals surface area contributed by atoms with Crippen molar-refractivity contribution in [1.29, 1.82) is 0 Å². The van der Waals surface area contributed by atoms with Gasteiger partial charge in [-0.05, 0) is 80.2 Å². The number of hydrogen-bond donors (Lipinski definition) is 0. The van der Waals surface area contributed by atoms with Crippen LogP contribution in [0.2, 0.25) is 0 Å². The van der Waals surface area contributed by atoms with E-state index in [-0.39, 0.29) is 30.2 Å². The van der Waals surface area contributed by atoms with Gasteiger partial charge < -0.3 is 4.74 Å². The lowest BCUT2D eigenvalue weighted by Gasteiger charge is -2.29. The molecule has 1 fully saturated rings. The number of aromatic nitrogens is 1. The Hall–Kier alpha value is -3.39. The molecular formula is C27H25F2N3O2S. The van der Waals surface area contributed by atoms with E-state index in [0.29, 0.717) is 15.7 Å². The molecule has 2 aliphatic rings. The van der Waals surface area contributed by atoms with Crippen LogP contribution in [0.5, 0.6) is 0 Å². The predicted octanol–water partition coefficient (Wildman–Crippen LogP) is 6.71. The number of thiazole rings is 1. The number of allylic oxidation sites excluding steroid dienone is 1. The molecule has 1 aromatic heterocycles. The van der Waals surface area contributed by atoms with E-state index in [4.69, 9.17) is 9.84 Å².